The van der Waals surface area contributed by atoms with Gasteiger partial charge in [-0.1, -0.05) is 19.8 Å². The highest BCUT2D eigenvalue weighted by atomic mass is 19.4. The lowest BCUT2D eigenvalue weighted by Crippen LogP contribution is -2.47. The number of ketones is 1. The van der Waals surface area contributed by atoms with E-state index in [0.717, 1.165) is 40.7 Å². The minimum absolute atomic E-state index is 0.0658. The third-order valence-electron chi connectivity index (χ3n) is 7.35. The Bertz CT molecular complexity index is 1520. The molecule has 2 heterocycles. The van der Waals surface area contributed by atoms with Gasteiger partial charge >= 0.3 is 12.0 Å². The molecule has 0 spiro atoms. The van der Waals surface area contributed by atoms with Gasteiger partial charge in [0.15, 0.2) is 11.9 Å². The molecule has 1 aliphatic heterocycles. The number of nitrogens with one attached hydrogen (secondary N) is 3. The van der Waals surface area contributed by atoms with Gasteiger partial charge in [0, 0.05) is 29.4 Å². The van der Waals surface area contributed by atoms with Gasteiger partial charge in [0.25, 0.3) is 0 Å². The number of H-pyrrole nitrogens is 1. The number of aliphatic imine (C=N–C) groups is 1. The molecular weight excluding hydrogens is 552 g/mol. The van der Waals surface area contributed by atoms with Gasteiger partial charge in [-0.2, -0.15) is 13.2 Å². The molecule has 1 atom stereocenters. The van der Waals surface area contributed by atoms with E-state index < -0.39 is 23.6 Å². The van der Waals surface area contributed by atoms with Gasteiger partial charge < -0.3 is 15.0 Å². The average molecular weight is 587 g/mol. The van der Waals surface area contributed by atoms with Crippen molar-refractivity contribution in [1.82, 2.24) is 20.6 Å². The van der Waals surface area contributed by atoms with E-state index in [0.29, 0.717) is 49.8 Å². The first kappa shape index (κ1) is 30.8. The molecule has 223 valence electrons. The van der Waals surface area contributed by atoms with Crippen molar-refractivity contribution in [3.63, 3.8) is 0 Å². The maximum absolute atomic E-state index is 14.6. The topological polar surface area (TPSA) is 97.3 Å². The number of carbonyl (C=O) groups is 2. The molecule has 4 rings (SSSR count). The number of carbonyl (C=O) groups excluding carboxylic acids is 2. The number of halogens is 4. The molecule has 42 heavy (non-hydrogen) atoms. The molecule has 0 saturated heterocycles. The molecule has 0 saturated carbocycles. The number of unbranched alkanes of at least 4 members (excludes halogenated alkanes) is 2. The van der Waals surface area contributed by atoms with Crippen molar-refractivity contribution in [3.8, 4) is 5.75 Å². The van der Waals surface area contributed by atoms with Crippen LogP contribution in [0.1, 0.15) is 67.8 Å². The number of aromatic amines is 1. The minimum atomic E-state index is -4.63. The first-order valence-electron chi connectivity index (χ1n) is 13.9. The molecule has 0 bridgehead atoms. The smallest absolute Gasteiger partial charge is 0.416 e. The Labute approximate surface area is 241 Å². The molecule has 3 N–H and O–H groups in total. The fourth-order valence-electron chi connectivity index (χ4n) is 4.98. The van der Waals surface area contributed by atoms with Crippen LogP contribution in [0.15, 0.2) is 42.6 Å². The molecule has 1 amide bonds. The van der Waals surface area contributed by atoms with E-state index in [1.807, 2.05) is 32.0 Å². The van der Waals surface area contributed by atoms with E-state index in [2.05, 4.69) is 20.6 Å². The number of hydrogen-bond donors (Lipinski definition) is 3. The number of Topliss-reactive ketones (excluding diaryl/α,β-unsaturated/α-hetero) is 1. The second-order valence-corrected chi connectivity index (χ2v) is 10.3. The number of fused-ring (bicyclic) bond motifs is 1. The summed E-state index contributed by atoms with van der Waals surface area (Å²) in [5.41, 5.74) is 1.34. The molecule has 11 heteroatoms. The van der Waals surface area contributed by atoms with Crippen molar-refractivity contribution in [3.05, 3.63) is 70.8 Å². The van der Waals surface area contributed by atoms with Crippen molar-refractivity contribution in [1.29, 1.82) is 0 Å². The number of benzene rings is 2. The fourth-order valence-corrected chi connectivity index (χ4v) is 4.98. The largest absolute Gasteiger partial charge is 0.497 e. The van der Waals surface area contributed by atoms with Crippen molar-refractivity contribution in [2.75, 3.05) is 7.11 Å². The zero-order valence-electron chi connectivity index (χ0n) is 23.8. The van der Waals surface area contributed by atoms with Crippen molar-refractivity contribution >= 4 is 34.1 Å². The van der Waals surface area contributed by atoms with E-state index in [1.54, 1.807) is 7.11 Å². The number of methoxy groups -OCH3 is 1. The Balaban J connectivity index is 1.49. The SMILES string of the molecule is CCC(=O)CCCCC[C@H](NC(=O)Cc1c(C)[nH]c2ccc(OC)cc12)C1=[N+]C=C(c2cc(C(F)(F)F)ccc2F)N1. The zero-order valence-corrected chi connectivity index (χ0v) is 23.8. The summed E-state index contributed by atoms with van der Waals surface area (Å²) in [4.78, 5) is 32.6. The van der Waals surface area contributed by atoms with Gasteiger partial charge in [-0.05, 0) is 66.7 Å². The van der Waals surface area contributed by atoms with Crippen LogP contribution in [-0.4, -0.2) is 35.7 Å². The Morgan fingerprint density at radius 3 is 2.60 bits per heavy atom. The zero-order chi connectivity index (χ0) is 30.4. The first-order valence-corrected chi connectivity index (χ1v) is 13.9. The number of ether oxygens (including phenoxy) is 1. The van der Waals surface area contributed by atoms with Crippen LogP contribution in [0.2, 0.25) is 0 Å². The quantitative estimate of drug-likeness (QED) is 0.171. The second kappa shape index (κ2) is 13.2. The van der Waals surface area contributed by atoms with Crippen LogP contribution in [0.25, 0.3) is 16.6 Å². The van der Waals surface area contributed by atoms with Crippen LogP contribution in [0.4, 0.5) is 17.6 Å². The van der Waals surface area contributed by atoms with Crippen molar-refractivity contribution in [2.24, 2.45) is 0 Å². The first-order chi connectivity index (χ1) is 20.0. The monoisotopic (exact) mass is 586 g/mol. The fraction of sp³-hybridized carbons (Fsp3) is 0.387. The summed E-state index contributed by atoms with van der Waals surface area (Å²) in [6.07, 6.45) is 0.252. The maximum atomic E-state index is 14.6. The van der Waals surface area contributed by atoms with Gasteiger partial charge in [0.2, 0.25) is 5.91 Å². The third kappa shape index (κ3) is 7.37. The molecule has 1 radical (unpaired) electrons. The summed E-state index contributed by atoms with van der Waals surface area (Å²) in [5.74, 6) is 0.0369. The number of aromatic nitrogens is 1. The number of aryl methyl sites for hydroxylation is 1. The number of rotatable bonds is 13. The van der Waals surface area contributed by atoms with Gasteiger partial charge in [-0.25, -0.2) is 9.71 Å². The molecule has 0 aliphatic carbocycles. The lowest BCUT2D eigenvalue weighted by atomic mass is 10.0. The van der Waals surface area contributed by atoms with Crippen LogP contribution >= 0.6 is 0 Å². The predicted octanol–water partition coefficient (Wildman–Crippen LogP) is 5.94. The van der Waals surface area contributed by atoms with Crippen LogP contribution < -0.4 is 20.4 Å². The highest BCUT2D eigenvalue weighted by Gasteiger charge is 2.35. The lowest BCUT2D eigenvalue weighted by molar-refractivity contribution is -0.137. The molecule has 0 fully saturated rings. The number of amidine groups is 1. The molecule has 0 unspecified atom stereocenters. The highest BCUT2D eigenvalue weighted by Crippen LogP contribution is 2.32. The van der Waals surface area contributed by atoms with Crippen molar-refractivity contribution < 1.29 is 31.9 Å². The molecule has 1 aromatic heterocycles. The Kier molecular flexibility index (Phi) is 9.70. The summed E-state index contributed by atoms with van der Waals surface area (Å²) in [6, 6.07) is 7.15. The molecule has 2 aromatic carbocycles. The van der Waals surface area contributed by atoms with E-state index in [9.17, 15) is 27.2 Å². The highest BCUT2D eigenvalue weighted by molar-refractivity contribution is 6.00. The van der Waals surface area contributed by atoms with Gasteiger partial charge in [0.05, 0.1) is 24.7 Å². The summed E-state index contributed by atoms with van der Waals surface area (Å²) in [6.45, 7) is 3.70. The number of amides is 1. The number of hydrogen-bond acceptors (Lipinski definition) is 5. The second-order valence-electron chi connectivity index (χ2n) is 10.3. The predicted molar refractivity (Wildman–Crippen MR) is 153 cm³/mol. The summed E-state index contributed by atoms with van der Waals surface area (Å²) >= 11 is 0. The lowest BCUT2D eigenvalue weighted by Gasteiger charge is -2.16. The van der Waals surface area contributed by atoms with Gasteiger partial charge in [-0.15, -0.1) is 0 Å². The summed E-state index contributed by atoms with van der Waals surface area (Å²) in [7, 11) is 1.57. The van der Waals surface area contributed by atoms with Gasteiger partial charge in [-0.3, -0.25) is 9.59 Å². The van der Waals surface area contributed by atoms with Crippen molar-refractivity contribution in [2.45, 2.75) is 71.0 Å². The van der Waals surface area contributed by atoms with E-state index >= 15 is 0 Å². The normalized spacial score (nSPS) is 13.9. The van der Waals surface area contributed by atoms with E-state index in [1.165, 1.54) is 6.20 Å². The average Bonchev–Trinajstić information content (AvgIpc) is 3.56. The molecular formula is C31H34F4N4O3+. The third-order valence-corrected chi connectivity index (χ3v) is 7.35. The van der Waals surface area contributed by atoms with Crippen LogP contribution in [0, 0.1) is 12.7 Å². The Hall–Kier alpha value is -4.15. The van der Waals surface area contributed by atoms with E-state index in [4.69, 9.17) is 4.74 Å². The van der Waals surface area contributed by atoms with Crippen LogP contribution in [0.3, 0.4) is 0 Å². The molecule has 7 nitrogen and oxygen atoms in total. The molecule has 3 aromatic rings. The van der Waals surface area contributed by atoms with Gasteiger partial charge in [0.1, 0.15) is 23.4 Å². The van der Waals surface area contributed by atoms with E-state index in [-0.39, 0.29) is 29.4 Å². The Morgan fingerprint density at radius 2 is 1.88 bits per heavy atom. The maximum Gasteiger partial charge on any atom is 0.416 e. The molecule has 1 aliphatic rings. The number of nitrogens with zero attached hydrogens (tertiary/aromatic N) is 1. The van der Waals surface area contributed by atoms with Crippen LogP contribution in [-0.2, 0) is 22.2 Å². The van der Waals surface area contributed by atoms with Crippen LogP contribution in [0.5, 0.6) is 5.75 Å². The Morgan fingerprint density at radius 1 is 1.10 bits per heavy atom. The number of alkyl halides is 3. The summed E-state index contributed by atoms with van der Waals surface area (Å²) in [5, 5.41) is 6.79. The standard InChI is InChI=1S/C31H34F4N4O3/c1-4-20(40)8-6-5-7-9-27(30-36-17-28(39-30)24-14-19(31(33,34)35)10-12-25(24)32)38-29(41)16-22-18(2)37-26-13-11-21(42-3)15-23(22)26/h10-15,17,27,37,39H,4-9,16H2,1-3H3,(H,38,41)/q+1/t27-/m0/s1. The minimum Gasteiger partial charge on any atom is -0.497 e. The summed E-state index contributed by atoms with van der Waals surface area (Å²) < 4.78 is 59.7.